The highest BCUT2D eigenvalue weighted by molar-refractivity contribution is 6.00. The van der Waals surface area contributed by atoms with Crippen LogP contribution in [0.5, 0.6) is 0 Å². The van der Waals surface area contributed by atoms with E-state index in [0.29, 0.717) is 5.56 Å². The maximum absolute atomic E-state index is 11.5. The standard InChI is InChI=1S/C21H13NO8/c23-18(24)10-1-4-13(15(7-10)20(27)28)12-3-6-17(22-9-12)14-5-2-11(19(25)26)8-16(14)21(29)30/h1-9H,(H,23,24)(H,25,26)(H,27,28)(H,29,30). The number of aromatic carboxylic acids is 4. The third-order valence-corrected chi connectivity index (χ3v) is 4.34. The lowest BCUT2D eigenvalue weighted by atomic mass is 9.97. The molecular formula is C21H13NO8. The molecule has 3 rings (SSSR count). The molecule has 0 saturated heterocycles. The molecule has 0 saturated carbocycles. The average molecular weight is 407 g/mol. The van der Waals surface area contributed by atoms with Gasteiger partial charge in [0.2, 0.25) is 0 Å². The van der Waals surface area contributed by atoms with Crippen molar-refractivity contribution in [2.24, 2.45) is 0 Å². The molecule has 3 aromatic rings. The smallest absolute Gasteiger partial charge is 0.336 e. The fourth-order valence-electron chi connectivity index (χ4n) is 2.90. The zero-order valence-corrected chi connectivity index (χ0v) is 15.1. The molecule has 30 heavy (non-hydrogen) atoms. The van der Waals surface area contributed by atoms with E-state index in [2.05, 4.69) is 4.98 Å². The molecule has 0 bridgehead atoms. The lowest BCUT2D eigenvalue weighted by molar-refractivity contribution is 0.0676. The third kappa shape index (κ3) is 3.85. The van der Waals surface area contributed by atoms with Crippen molar-refractivity contribution in [2.45, 2.75) is 0 Å². The summed E-state index contributed by atoms with van der Waals surface area (Å²) in [6, 6.07) is 10.3. The van der Waals surface area contributed by atoms with Crippen LogP contribution in [-0.4, -0.2) is 49.3 Å². The minimum atomic E-state index is -1.32. The van der Waals surface area contributed by atoms with E-state index >= 15 is 0 Å². The first-order valence-corrected chi connectivity index (χ1v) is 8.37. The van der Waals surface area contributed by atoms with Gasteiger partial charge in [-0.25, -0.2) is 19.2 Å². The SMILES string of the molecule is O=C(O)c1ccc(-c2ccc(-c3ccc(C(=O)O)cc3C(=O)O)nc2)c(C(=O)O)c1. The van der Waals surface area contributed by atoms with Crippen molar-refractivity contribution < 1.29 is 39.6 Å². The second-order valence-corrected chi connectivity index (χ2v) is 6.17. The van der Waals surface area contributed by atoms with Crippen LogP contribution < -0.4 is 0 Å². The van der Waals surface area contributed by atoms with Gasteiger partial charge in [0.05, 0.1) is 27.9 Å². The summed E-state index contributed by atoms with van der Waals surface area (Å²) in [7, 11) is 0. The molecule has 0 amide bonds. The molecule has 150 valence electrons. The molecule has 0 atom stereocenters. The minimum Gasteiger partial charge on any atom is -0.478 e. The van der Waals surface area contributed by atoms with Crippen LogP contribution in [0, 0.1) is 0 Å². The summed E-state index contributed by atoms with van der Waals surface area (Å²) < 4.78 is 0. The molecule has 0 fully saturated rings. The van der Waals surface area contributed by atoms with Gasteiger partial charge in [-0.05, 0) is 35.9 Å². The van der Waals surface area contributed by atoms with Gasteiger partial charge in [0.15, 0.2) is 0 Å². The number of nitrogens with zero attached hydrogens (tertiary/aromatic N) is 1. The van der Waals surface area contributed by atoms with Gasteiger partial charge >= 0.3 is 23.9 Å². The Kier molecular flexibility index (Phi) is 5.28. The average Bonchev–Trinajstić information content (AvgIpc) is 2.72. The van der Waals surface area contributed by atoms with Crippen LogP contribution in [0.25, 0.3) is 22.4 Å². The summed E-state index contributed by atoms with van der Waals surface area (Å²) in [4.78, 5) is 49.4. The van der Waals surface area contributed by atoms with E-state index in [1.165, 1.54) is 42.6 Å². The number of rotatable bonds is 6. The summed E-state index contributed by atoms with van der Waals surface area (Å²) in [6.07, 6.45) is 1.33. The Balaban J connectivity index is 2.06. The second kappa shape index (κ2) is 7.84. The van der Waals surface area contributed by atoms with Gasteiger partial charge in [0.25, 0.3) is 0 Å². The van der Waals surface area contributed by atoms with E-state index < -0.39 is 23.9 Å². The van der Waals surface area contributed by atoms with Gasteiger partial charge in [0, 0.05) is 17.3 Å². The van der Waals surface area contributed by atoms with Crippen molar-refractivity contribution in [2.75, 3.05) is 0 Å². The van der Waals surface area contributed by atoms with Gasteiger partial charge < -0.3 is 20.4 Å². The third-order valence-electron chi connectivity index (χ3n) is 4.34. The van der Waals surface area contributed by atoms with Crippen molar-refractivity contribution in [3.05, 3.63) is 77.0 Å². The number of pyridine rings is 1. The van der Waals surface area contributed by atoms with E-state index in [1.807, 2.05) is 0 Å². The Bertz CT molecular complexity index is 1100. The predicted octanol–water partition coefficient (Wildman–Crippen LogP) is 3.21. The maximum Gasteiger partial charge on any atom is 0.336 e. The van der Waals surface area contributed by atoms with Crippen LogP contribution in [-0.2, 0) is 0 Å². The molecule has 9 heteroatoms. The highest BCUT2D eigenvalue weighted by atomic mass is 16.4. The van der Waals surface area contributed by atoms with Crippen molar-refractivity contribution in [3.63, 3.8) is 0 Å². The van der Waals surface area contributed by atoms with E-state index in [9.17, 15) is 29.4 Å². The summed E-state index contributed by atoms with van der Waals surface area (Å²) in [5.74, 6) is -5.16. The number of carbonyl (C=O) groups is 4. The minimum absolute atomic E-state index is 0.176. The summed E-state index contributed by atoms with van der Waals surface area (Å²) in [6.45, 7) is 0. The number of hydrogen-bond donors (Lipinski definition) is 4. The lowest BCUT2D eigenvalue weighted by Gasteiger charge is -2.10. The Morgan fingerprint density at radius 3 is 1.53 bits per heavy atom. The first-order chi connectivity index (χ1) is 14.2. The fourth-order valence-corrected chi connectivity index (χ4v) is 2.90. The zero-order valence-electron chi connectivity index (χ0n) is 15.1. The topological polar surface area (TPSA) is 162 Å². The largest absolute Gasteiger partial charge is 0.478 e. The van der Waals surface area contributed by atoms with Crippen molar-refractivity contribution >= 4 is 23.9 Å². The molecule has 2 aromatic carbocycles. The molecule has 1 aromatic heterocycles. The molecule has 4 N–H and O–H groups in total. The van der Waals surface area contributed by atoms with Gasteiger partial charge in [-0.3, -0.25) is 4.98 Å². The molecule has 9 nitrogen and oxygen atoms in total. The number of hydrogen-bond acceptors (Lipinski definition) is 5. The Labute approximate surface area is 168 Å². The molecule has 0 aliphatic rings. The Morgan fingerprint density at radius 1 is 0.600 bits per heavy atom. The number of carboxylic acids is 4. The zero-order chi connectivity index (χ0) is 22.0. The second-order valence-electron chi connectivity index (χ2n) is 6.17. The summed E-state index contributed by atoms with van der Waals surface area (Å²) >= 11 is 0. The van der Waals surface area contributed by atoms with Crippen LogP contribution in [0.1, 0.15) is 41.4 Å². The van der Waals surface area contributed by atoms with Gasteiger partial charge in [0.1, 0.15) is 0 Å². The molecule has 0 spiro atoms. The number of benzene rings is 2. The fraction of sp³-hybridized carbons (Fsp3) is 0. The van der Waals surface area contributed by atoms with Crippen LogP contribution in [0.4, 0.5) is 0 Å². The van der Waals surface area contributed by atoms with Crippen LogP contribution >= 0.6 is 0 Å². The van der Waals surface area contributed by atoms with Gasteiger partial charge in [-0.1, -0.05) is 18.2 Å². The Hall–Kier alpha value is -4.53. The quantitative estimate of drug-likeness (QED) is 0.480. The molecule has 0 aliphatic heterocycles. The summed E-state index contributed by atoms with van der Waals surface area (Å²) in [5.41, 5.74) is 0.237. The number of carboxylic acid groups (broad SMARTS) is 4. The monoisotopic (exact) mass is 407 g/mol. The summed E-state index contributed by atoms with van der Waals surface area (Å²) in [5, 5.41) is 36.9. The maximum atomic E-state index is 11.5. The van der Waals surface area contributed by atoms with Crippen LogP contribution in [0.15, 0.2) is 54.7 Å². The molecule has 0 unspecified atom stereocenters. The van der Waals surface area contributed by atoms with E-state index in [4.69, 9.17) is 10.2 Å². The molecule has 0 aliphatic carbocycles. The highest BCUT2D eigenvalue weighted by Crippen LogP contribution is 2.28. The van der Waals surface area contributed by atoms with Crippen LogP contribution in [0.3, 0.4) is 0 Å². The molecular weight excluding hydrogens is 394 g/mol. The first-order valence-electron chi connectivity index (χ1n) is 8.37. The molecule has 0 radical (unpaired) electrons. The van der Waals surface area contributed by atoms with Crippen molar-refractivity contribution in [3.8, 4) is 22.4 Å². The van der Waals surface area contributed by atoms with Gasteiger partial charge in [-0.2, -0.15) is 0 Å². The van der Waals surface area contributed by atoms with E-state index in [-0.39, 0.29) is 39.1 Å². The molecule has 1 heterocycles. The van der Waals surface area contributed by atoms with Crippen molar-refractivity contribution in [1.29, 1.82) is 0 Å². The van der Waals surface area contributed by atoms with E-state index in [1.54, 1.807) is 0 Å². The highest BCUT2D eigenvalue weighted by Gasteiger charge is 2.18. The predicted molar refractivity (Wildman–Crippen MR) is 103 cm³/mol. The first kappa shape index (κ1) is 20.2. The van der Waals surface area contributed by atoms with Crippen molar-refractivity contribution in [1.82, 2.24) is 4.98 Å². The normalized spacial score (nSPS) is 10.4. The lowest BCUT2D eigenvalue weighted by Crippen LogP contribution is -2.05. The van der Waals surface area contributed by atoms with Gasteiger partial charge in [-0.15, -0.1) is 0 Å². The van der Waals surface area contributed by atoms with Crippen LogP contribution in [0.2, 0.25) is 0 Å². The Morgan fingerprint density at radius 2 is 1.10 bits per heavy atom. The van der Waals surface area contributed by atoms with E-state index in [0.717, 1.165) is 12.1 Å². The number of aromatic nitrogens is 1.